The largest absolute Gasteiger partial charge is 0.496 e. The molecule has 1 aromatic rings. The lowest BCUT2D eigenvalue weighted by molar-refractivity contribution is -0.0887. The van der Waals surface area contributed by atoms with Crippen molar-refractivity contribution in [3.8, 4) is 11.5 Å². The fourth-order valence-corrected chi connectivity index (χ4v) is 4.36. The molecule has 0 radical (unpaired) electrons. The molecule has 1 fully saturated rings. The van der Waals surface area contributed by atoms with Crippen molar-refractivity contribution in [3.63, 3.8) is 0 Å². The van der Waals surface area contributed by atoms with E-state index in [2.05, 4.69) is 5.32 Å². The predicted molar refractivity (Wildman–Crippen MR) is 104 cm³/mol. The summed E-state index contributed by atoms with van der Waals surface area (Å²) in [6, 6.07) is 2.86. The fraction of sp³-hybridized carbons (Fsp3) is 0.476. The molecular formula is C21H23ClF3NO3. The molecule has 1 amide bonds. The monoisotopic (exact) mass is 429 g/mol. The van der Waals surface area contributed by atoms with Crippen LogP contribution < -0.4 is 14.8 Å². The Morgan fingerprint density at radius 1 is 1.21 bits per heavy atom. The molecule has 1 saturated carbocycles. The third-order valence-electron chi connectivity index (χ3n) is 5.84. The normalized spacial score (nSPS) is 25.2. The highest BCUT2D eigenvalue weighted by atomic mass is 35.5. The first-order valence-electron chi connectivity index (χ1n) is 9.18. The summed E-state index contributed by atoms with van der Waals surface area (Å²) in [4.78, 5) is 12.9. The van der Waals surface area contributed by atoms with E-state index in [4.69, 9.17) is 21.1 Å². The van der Waals surface area contributed by atoms with Crippen molar-refractivity contribution in [1.82, 2.24) is 5.32 Å². The summed E-state index contributed by atoms with van der Waals surface area (Å²) in [6.07, 6.45) is -0.0774. The van der Waals surface area contributed by atoms with Crippen LogP contribution in [0.4, 0.5) is 13.2 Å². The van der Waals surface area contributed by atoms with E-state index in [1.165, 1.54) is 26.4 Å². The summed E-state index contributed by atoms with van der Waals surface area (Å²) in [6.45, 7) is 4.00. The number of methoxy groups -OCH3 is 2. The van der Waals surface area contributed by atoms with E-state index >= 15 is 0 Å². The van der Waals surface area contributed by atoms with Crippen LogP contribution in [0.25, 0.3) is 0 Å². The average Bonchev–Trinajstić information content (AvgIpc) is 3.20. The lowest BCUT2D eigenvalue weighted by atomic mass is 9.89. The summed E-state index contributed by atoms with van der Waals surface area (Å²) in [5, 5.41) is 3.28. The molecule has 8 heteroatoms. The van der Waals surface area contributed by atoms with Gasteiger partial charge in [-0.25, -0.2) is 0 Å². The lowest BCUT2D eigenvalue weighted by Gasteiger charge is -2.19. The van der Waals surface area contributed by atoms with Crippen LogP contribution in [0, 0.1) is 17.3 Å². The molecule has 0 heterocycles. The van der Waals surface area contributed by atoms with Crippen molar-refractivity contribution in [2.45, 2.75) is 32.5 Å². The van der Waals surface area contributed by atoms with E-state index in [1.807, 2.05) is 13.8 Å². The molecule has 1 unspecified atom stereocenters. The first kappa shape index (κ1) is 21.6. The van der Waals surface area contributed by atoms with E-state index in [0.717, 1.165) is 6.08 Å². The van der Waals surface area contributed by atoms with E-state index in [-0.39, 0.29) is 39.8 Å². The van der Waals surface area contributed by atoms with Crippen molar-refractivity contribution in [2.24, 2.45) is 17.3 Å². The van der Waals surface area contributed by atoms with Gasteiger partial charge in [-0.05, 0) is 29.7 Å². The summed E-state index contributed by atoms with van der Waals surface area (Å²) in [5.74, 6) is 0.341. The number of ether oxygens (including phenoxy) is 2. The van der Waals surface area contributed by atoms with Crippen molar-refractivity contribution < 1.29 is 27.4 Å². The van der Waals surface area contributed by atoms with Gasteiger partial charge >= 0.3 is 6.18 Å². The van der Waals surface area contributed by atoms with E-state index in [0.29, 0.717) is 17.9 Å². The van der Waals surface area contributed by atoms with Gasteiger partial charge in [0.05, 0.1) is 30.4 Å². The topological polar surface area (TPSA) is 47.6 Å². The van der Waals surface area contributed by atoms with Gasteiger partial charge < -0.3 is 14.8 Å². The Bertz CT molecular complexity index is 877. The smallest absolute Gasteiger partial charge is 0.416 e. The van der Waals surface area contributed by atoms with Gasteiger partial charge in [-0.15, -0.1) is 0 Å². The Morgan fingerprint density at radius 2 is 1.86 bits per heavy atom. The Hall–Kier alpha value is -2.15. The predicted octanol–water partition coefficient (Wildman–Crippen LogP) is 5.18. The summed E-state index contributed by atoms with van der Waals surface area (Å²) in [7, 11) is 2.91. The van der Waals surface area contributed by atoms with E-state index in [9.17, 15) is 18.0 Å². The van der Waals surface area contributed by atoms with Gasteiger partial charge in [-0.3, -0.25) is 4.79 Å². The van der Waals surface area contributed by atoms with Gasteiger partial charge in [-0.1, -0.05) is 43.7 Å². The van der Waals surface area contributed by atoms with Gasteiger partial charge in [0.2, 0.25) is 0 Å². The lowest BCUT2D eigenvalue weighted by Crippen LogP contribution is -2.30. The molecule has 0 saturated heterocycles. The highest BCUT2D eigenvalue weighted by molar-refractivity contribution is 6.32. The second-order valence-electron chi connectivity index (χ2n) is 7.90. The maximum Gasteiger partial charge on any atom is 0.416 e. The van der Waals surface area contributed by atoms with Gasteiger partial charge in [0, 0.05) is 12.1 Å². The number of amides is 1. The minimum absolute atomic E-state index is 0.0356. The molecule has 1 aromatic carbocycles. The van der Waals surface area contributed by atoms with Gasteiger partial charge in [-0.2, -0.15) is 13.2 Å². The maximum atomic E-state index is 12.9. The Morgan fingerprint density at radius 3 is 2.38 bits per heavy atom. The number of carbonyl (C=O) groups is 1. The molecule has 0 bridgehead atoms. The van der Waals surface area contributed by atoms with Crippen molar-refractivity contribution >= 4 is 17.5 Å². The summed E-state index contributed by atoms with van der Waals surface area (Å²) < 4.78 is 48.9. The first-order chi connectivity index (χ1) is 13.5. The minimum atomic E-state index is -4.33. The molecular weight excluding hydrogens is 407 g/mol. The molecule has 0 aromatic heterocycles. The number of nitrogens with one attached hydrogen (secondary N) is 1. The van der Waals surface area contributed by atoms with Crippen LogP contribution in [0.2, 0.25) is 5.02 Å². The molecule has 3 rings (SSSR count). The zero-order valence-electron chi connectivity index (χ0n) is 16.6. The van der Waals surface area contributed by atoms with Crippen LogP contribution >= 0.6 is 11.6 Å². The SMILES string of the molecule is COc1cc(OC)c(C(=O)N[C@H]2[C@H](C3C=CC(C(F)(F)F)=CC3)C2(C)C)cc1Cl. The molecule has 3 atom stereocenters. The fourth-order valence-electron chi connectivity index (χ4n) is 4.12. The number of carbonyl (C=O) groups excluding carboxylic acids is 1. The number of halogens is 4. The molecule has 1 N–H and O–H groups in total. The standard InChI is InChI=1S/C21H23ClF3NO3/c1-20(2)17(11-5-7-12(8-6-11)21(23,24)25)18(20)26-19(27)13-9-14(22)16(29-4)10-15(13)28-3/h5,7-11,17-18H,6H2,1-4H3,(H,26,27)/t11?,17-,18-/m0/s1. The molecule has 29 heavy (non-hydrogen) atoms. The molecule has 4 nitrogen and oxygen atoms in total. The number of rotatable bonds is 5. The van der Waals surface area contributed by atoms with Crippen molar-refractivity contribution in [3.05, 3.63) is 46.5 Å². The van der Waals surface area contributed by atoms with Crippen LogP contribution in [-0.2, 0) is 0 Å². The number of hydrogen-bond acceptors (Lipinski definition) is 3. The maximum absolute atomic E-state index is 12.9. The first-order valence-corrected chi connectivity index (χ1v) is 9.56. The molecule has 2 aliphatic carbocycles. The third-order valence-corrected chi connectivity index (χ3v) is 6.13. The number of allylic oxidation sites excluding steroid dienone is 4. The van der Waals surface area contributed by atoms with Crippen molar-refractivity contribution in [1.29, 1.82) is 0 Å². The van der Waals surface area contributed by atoms with E-state index in [1.54, 1.807) is 12.1 Å². The zero-order valence-corrected chi connectivity index (χ0v) is 17.3. The Kier molecular flexibility index (Phi) is 5.64. The highest BCUT2D eigenvalue weighted by Crippen LogP contribution is 2.58. The molecule has 158 valence electrons. The van der Waals surface area contributed by atoms with Crippen LogP contribution in [0.5, 0.6) is 11.5 Å². The third kappa shape index (κ3) is 4.10. The molecule has 0 aliphatic heterocycles. The van der Waals surface area contributed by atoms with Gasteiger partial charge in [0.25, 0.3) is 5.91 Å². The van der Waals surface area contributed by atoms with Gasteiger partial charge in [0.1, 0.15) is 11.5 Å². The van der Waals surface area contributed by atoms with Crippen molar-refractivity contribution in [2.75, 3.05) is 14.2 Å². The second kappa shape index (κ2) is 7.59. The number of alkyl halides is 3. The number of benzene rings is 1. The Balaban J connectivity index is 1.73. The Labute approximate surface area is 172 Å². The molecule has 0 spiro atoms. The van der Waals surface area contributed by atoms with Crippen LogP contribution in [0.15, 0.2) is 35.9 Å². The summed E-state index contributed by atoms with van der Waals surface area (Å²) >= 11 is 6.14. The molecule has 2 aliphatic rings. The van der Waals surface area contributed by atoms with Crippen LogP contribution in [-0.4, -0.2) is 32.3 Å². The zero-order chi connectivity index (χ0) is 21.6. The summed E-state index contributed by atoms with van der Waals surface area (Å²) in [5.41, 5.74) is -0.582. The van der Waals surface area contributed by atoms with E-state index < -0.39 is 11.7 Å². The second-order valence-corrected chi connectivity index (χ2v) is 8.31. The van der Waals surface area contributed by atoms with Gasteiger partial charge in [0.15, 0.2) is 0 Å². The highest BCUT2D eigenvalue weighted by Gasteiger charge is 2.61. The minimum Gasteiger partial charge on any atom is -0.496 e. The van der Waals surface area contributed by atoms with Crippen LogP contribution in [0.3, 0.4) is 0 Å². The average molecular weight is 430 g/mol. The number of hydrogen-bond donors (Lipinski definition) is 1. The quantitative estimate of drug-likeness (QED) is 0.701. The van der Waals surface area contributed by atoms with Crippen LogP contribution in [0.1, 0.15) is 30.6 Å².